The van der Waals surface area contributed by atoms with Crippen LogP contribution in [-0.4, -0.2) is 86.5 Å². The molecule has 0 bridgehead atoms. The van der Waals surface area contributed by atoms with E-state index < -0.39 is 23.2 Å². The molecule has 9 nitrogen and oxygen atoms in total. The van der Waals surface area contributed by atoms with Gasteiger partial charge in [-0.25, -0.2) is 0 Å². The van der Waals surface area contributed by atoms with Crippen molar-refractivity contribution in [3.8, 4) is 0 Å². The summed E-state index contributed by atoms with van der Waals surface area (Å²) in [5, 5.41) is 58.6. The van der Waals surface area contributed by atoms with Crippen LogP contribution in [0.25, 0.3) is 0 Å². The van der Waals surface area contributed by atoms with Crippen LogP contribution < -0.4 is 0 Å². The van der Waals surface area contributed by atoms with Crippen LogP contribution in [0, 0.1) is 10.1 Å². The second-order valence-electron chi connectivity index (χ2n) is 7.69. The highest BCUT2D eigenvalue weighted by molar-refractivity contribution is 5.32. The van der Waals surface area contributed by atoms with E-state index in [-0.39, 0.29) is 31.7 Å². The molecule has 0 saturated carbocycles. The molecule has 1 aromatic rings. The summed E-state index contributed by atoms with van der Waals surface area (Å²) in [7, 11) is 0. The first-order chi connectivity index (χ1) is 14.3. The summed E-state index contributed by atoms with van der Waals surface area (Å²) in [6.07, 6.45) is 1.44. The Bertz CT molecular complexity index is 585. The van der Waals surface area contributed by atoms with Gasteiger partial charge in [0.15, 0.2) is 0 Å². The lowest BCUT2D eigenvalue weighted by molar-refractivity contribution is -0.384. The predicted molar refractivity (Wildman–Crippen MR) is 113 cm³/mol. The Morgan fingerprint density at radius 3 is 2.17 bits per heavy atom. The molecule has 1 aromatic carbocycles. The summed E-state index contributed by atoms with van der Waals surface area (Å²) in [6, 6.07) is 6.44. The van der Waals surface area contributed by atoms with Crippen LogP contribution in [0.5, 0.6) is 0 Å². The van der Waals surface area contributed by atoms with Gasteiger partial charge in [0, 0.05) is 44.9 Å². The second kappa shape index (κ2) is 15.2. The van der Waals surface area contributed by atoms with E-state index in [9.17, 15) is 25.4 Å². The smallest absolute Gasteiger partial charge is 0.269 e. The Balaban J connectivity index is 2.54. The van der Waals surface area contributed by atoms with Crippen molar-refractivity contribution in [2.75, 3.05) is 32.8 Å². The van der Waals surface area contributed by atoms with E-state index >= 15 is 0 Å². The fraction of sp³-hybridized carbons (Fsp3) is 0.714. The first-order valence-electron chi connectivity index (χ1n) is 10.6. The third-order valence-electron chi connectivity index (χ3n) is 5.04. The maximum atomic E-state index is 10.7. The molecule has 0 aromatic heterocycles. The minimum absolute atomic E-state index is 0.0392. The largest absolute Gasteiger partial charge is 0.396 e. The molecule has 0 fully saturated rings. The number of nitrogens with zero attached hydrogens (tertiary/aromatic N) is 2. The first-order valence-corrected chi connectivity index (χ1v) is 10.6. The number of nitro groups is 1. The normalized spacial score (nSPS) is 14.6. The average molecular weight is 429 g/mol. The maximum Gasteiger partial charge on any atom is 0.269 e. The van der Waals surface area contributed by atoms with Crippen LogP contribution in [0.2, 0.25) is 0 Å². The molecule has 5 N–H and O–H groups in total. The van der Waals surface area contributed by atoms with Crippen LogP contribution in [0.1, 0.15) is 44.1 Å². The van der Waals surface area contributed by atoms with Gasteiger partial charge in [-0.2, -0.15) is 0 Å². The second-order valence-corrected chi connectivity index (χ2v) is 7.69. The summed E-state index contributed by atoms with van der Waals surface area (Å²) in [6.45, 7) is 1.48. The van der Waals surface area contributed by atoms with Gasteiger partial charge < -0.3 is 30.4 Å². The molecule has 0 heterocycles. The fourth-order valence-electron chi connectivity index (χ4n) is 3.34. The van der Waals surface area contributed by atoms with Gasteiger partial charge in [0.2, 0.25) is 0 Å². The van der Waals surface area contributed by atoms with Crippen molar-refractivity contribution in [2.24, 2.45) is 0 Å². The molecule has 172 valence electrons. The zero-order valence-electron chi connectivity index (χ0n) is 17.5. The molecule has 9 heteroatoms. The summed E-state index contributed by atoms with van der Waals surface area (Å²) in [4.78, 5) is 12.3. The van der Waals surface area contributed by atoms with Crippen molar-refractivity contribution in [3.63, 3.8) is 0 Å². The summed E-state index contributed by atoms with van der Waals surface area (Å²) in [5.41, 5.74) is 1.05. The zero-order valence-corrected chi connectivity index (χ0v) is 17.5. The Morgan fingerprint density at radius 1 is 0.867 bits per heavy atom. The Kier molecular flexibility index (Phi) is 13.4. The quantitative estimate of drug-likeness (QED) is 0.181. The molecule has 30 heavy (non-hydrogen) atoms. The highest BCUT2D eigenvalue weighted by Crippen LogP contribution is 2.14. The lowest BCUT2D eigenvalue weighted by atomic mass is 10.1. The molecule has 0 saturated heterocycles. The highest BCUT2D eigenvalue weighted by atomic mass is 16.6. The molecule has 0 radical (unpaired) electrons. The van der Waals surface area contributed by atoms with E-state index in [1.165, 1.54) is 12.1 Å². The molecule has 3 unspecified atom stereocenters. The van der Waals surface area contributed by atoms with Crippen molar-refractivity contribution < 1.29 is 30.5 Å². The Labute approximate surface area is 177 Å². The molecule has 1 rings (SSSR count). The number of hydrogen-bond donors (Lipinski definition) is 5. The molecule has 0 amide bonds. The third-order valence-corrected chi connectivity index (χ3v) is 5.04. The van der Waals surface area contributed by atoms with Gasteiger partial charge in [0.05, 0.1) is 23.2 Å². The number of aryl methyl sites for hydroxylation is 1. The molecule has 0 spiro atoms. The molecule has 3 atom stereocenters. The Morgan fingerprint density at radius 2 is 1.57 bits per heavy atom. The van der Waals surface area contributed by atoms with Crippen molar-refractivity contribution in [1.29, 1.82) is 0 Å². The Hall–Kier alpha value is -1.62. The SMILES string of the molecule is O=[N+]([O-])c1ccc(CCCN(CCC(O)CCCO)CC(O)CC(O)CCO)cc1. The van der Waals surface area contributed by atoms with E-state index in [4.69, 9.17) is 10.2 Å². The van der Waals surface area contributed by atoms with E-state index in [2.05, 4.69) is 0 Å². The minimum atomic E-state index is -0.762. The number of non-ortho nitro benzene ring substituents is 1. The van der Waals surface area contributed by atoms with Gasteiger partial charge >= 0.3 is 0 Å². The standard InChI is InChI=1S/C21H36N2O7/c24-13-2-4-19(26)9-12-22(16-21(28)15-20(27)10-14-25)11-1-3-17-5-7-18(8-6-17)23(29)30/h5-8,19-21,24-28H,1-4,9-16H2. The monoisotopic (exact) mass is 428 g/mol. The van der Waals surface area contributed by atoms with E-state index in [0.717, 1.165) is 18.4 Å². The van der Waals surface area contributed by atoms with E-state index in [0.29, 0.717) is 38.9 Å². The number of nitro benzene ring substituents is 1. The van der Waals surface area contributed by atoms with Crippen molar-refractivity contribution >= 4 is 5.69 Å². The van der Waals surface area contributed by atoms with Crippen LogP contribution in [0.15, 0.2) is 24.3 Å². The van der Waals surface area contributed by atoms with Gasteiger partial charge in [-0.1, -0.05) is 12.1 Å². The van der Waals surface area contributed by atoms with Gasteiger partial charge in [0.25, 0.3) is 5.69 Å². The molecule has 0 aliphatic rings. The zero-order chi connectivity index (χ0) is 22.4. The topological polar surface area (TPSA) is 148 Å². The molecular weight excluding hydrogens is 392 g/mol. The number of benzene rings is 1. The number of rotatable bonds is 17. The average Bonchev–Trinajstić information content (AvgIpc) is 2.70. The van der Waals surface area contributed by atoms with Crippen molar-refractivity contribution in [3.05, 3.63) is 39.9 Å². The van der Waals surface area contributed by atoms with E-state index in [1.54, 1.807) is 12.1 Å². The number of aliphatic hydroxyl groups excluding tert-OH is 5. The fourth-order valence-corrected chi connectivity index (χ4v) is 3.34. The minimum Gasteiger partial charge on any atom is -0.396 e. The van der Waals surface area contributed by atoms with Crippen LogP contribution >= 0.6 is 0 Å². The van der Waals surface area contributed by atoms with E-state index in [1.807, 2.05) is 4.90 Å². The van der Waals surface area contributed by atoms with Gasteiger partial charge in [-0.15, -0.1) is 0 Å². The highest BCUT2D eigenvalue weighted by Gasteiger charge is 2.17. The predicted octanol–water partition coefficient (Wildman–Crippen LogP) is 0.847. The summed E-state index contributed by atoms with van der Waals surface area (Å²) in [5.74, 6) is 0. The lowest BCUT2D eigenvalue weighted by Crippen LogP contribution is -2.37. The van der Waals surface area contributed by atoms with Gasteiger partial charge in [-0.3, -0.25) is 10.1 Å². The lowest BCUT2D eigenvalue weighted by Gasteiger charge is -2.27. The maximum absolute atomic E-state index is 10.7. The van der Waals surface area contributed by atoms with Crippen LogP contribution in [-0.2, 0) is 6.42 Å². The van der Waals surface area contributed by atoms with Crippen molar-refractivity contribution in [1.82, 2.24) is 4.90 Å². The van der Waals surface area contributed by atoms with Crippen molar-refractivity contribution in [2.45, 2.75) is 63.3 Å². The summed E-state index contributed by atoms with van der Waals surface area (Å²) >= 11 is 0. The molecular formula is C21H36N2O7. The summed E-state index contributed by atoms with van der Waals surface area (Å²) < 4.78 is 0. The number of hydrogen-bond acceptors (Lipinski definition) is 8. The molecule has 0 aliphatic carbocycles. The first kappa shape index (κ1) is 26.4. The molecule has 0 aliphatic heterocycles. The third kappa shape index (κ3) is 11.5. The van der Waals surface area contributed by atoms with Crippen LogP contribution in [0.3, 0.4) is 0 Å². The van der Waals surface area contributed by atoms with Gasteiger partial charge in [-0.05, 0) is 50.6 Å². The number of aliphatic hydroxyl groups is 5. The van der Waals surface area contributed by atoms with Gasteiger partial charge in [0.1, 0.15) is 0 Å². The van der Waals surface area contributed by atoms with Crippen LogP contribution in [0.4, 0.5) is 5.69 Å².